The molecule has 0 aliphatic heterocycles. The van der Waals surface area contributed by atoms with Crippen molar-refractivity contribution in [3.05, 3.63) is 59.2 Å². The molecular formula is C20H24N2O3. The van der Waals surface area contributed by atoms with Gasteiger partial charge < -0.3 is 15.3 Å². The van der Waals surface area contributed by atoms with Gasteiger partial charge in [0.05, 0.1) is 6.54 Å². The molecule has 0 heterocycles. The minimum absolute atomic E-state index is 0.00696. The summed E-state index contributed by atoms with van der Waals surface area (Å²) in [4.78, 5) is 25.8. The summed E-state index contributed by atoms with van der Waals surface area (Å²) in [5.74, 6) is -0.183. The number of para-hydroxylation sites is 1. The Kier molecular flexibility index (Phi) is 6.17. The number of carbonyl (C=O) groups is 2. The van der Waals surface area contributed by atoms with Gasteiger partial charge in [-0.25, -0.2) is 0 Å². The summed E-state index contributed by atoms with van der Waals surface area (Å²) >= 11 is 0. The average Bonchev–Trinajstić information content (AvgIpc) is 2.58. The molecule has 2 aromatic rings. The maximum Gasteiger partial charge on any atom is 0.243 e. The molecule has 132 valence electrons. The normalized spacial score (nSPS) is 10.4. The lowest BCUT2D eigenvalue weighted by Crippen LogP contribution is -2.35. The van der Waals surface area contributed by atoms with Crippen LogP contribution in [-0.4, -0.2) is 35.4 Å². The van der Waals surface area contributed by atoms with Crippen molar-refractivity contribution in [2.75, 3.05) is 18.9 Å². The van der Waals surface area contributed by atoms with Gasteiger partial charge in [0.1, 0.15) is 5.75 Å². The molecule has 0 fully saturated rings. The highest BCUT2D eigenvalue weighted by atomic mass is 16.3. The van der Waals surface area contributed by atoms with Crippen molar-refractivity contribution < 1.29 is 14.7 Å². The third-order valence-electron chi connectivity index (χ3n) is 4.29. The van der Waals surface area contributed by atoms with Gasteiger partial charge in [-0.2, -0.15) is 0 Å². The molecule has 0 unspecified atom stereocenters. The zero-order valence-electron chi connectivity index (χ0n) is 14.9. The van der Waals surface area contributed by atoms with Gasteiger partial charge in [-0.15, -0.1) is 0 Å². The van der Waals surface area contributed by atoms with Crippen LogP contribution in [0.4, 0.5) is 5.69 Å². The van der Waals surface area contributed by atoms with Crippen LogP contribution in [0.2, 0.25) is 0 Å². The number of aromatic hydroxyl groups is 1. The molecule has 25 heavy (non-hydrogen) atoms. The fraction of sp³-hybridized carbons (Fsp3) is 0.300. The first kappa shape index (κ1) is 18.5. The van der Waals surface area contributed by atoms with Crippen molar-refractivity contribution in [1.82, 2.24) is 4.90 Å². The van der Waals surface area contributed by atoms with E-state index in [2.05, 4.69) is 5.32 Å². The quantitative estimate of drug-likeness (QED) is 0.849. The molecule has 0 aliphatic rings. The van der Waals surface area contributed by atoms with Gasteiger partial charge in [0.2, 0.25) is 11.8 Å². The van der Waals surface area contributed by atoms with Gasteiger partial charge in [0, 0.05) is 19.2 Å². The molecular weight excluding hydrogens is 316 g/mol. The number of benzene rings is 2. The molecule has 0 aromatic heterocycles. The molecule has 0 radical (unpaired) electrons. The van der Waals surface area contributed by atoms with Crippen LogP contribution in [0.15, 0.2) is 42.5 Å². The molecule has 0 atom stereocenters. The third-order valence-corrected chi connectivity index (χ3v) is 4.29. The number of hydrogen-bond donors (Lipinski definition) is 2. The second-order valence-electron chi connectivity index (χ2n) is 6.17. The highest BCUT2D eigenvalue weighted by Crippen LogP contribution is 2.19. The van der Waals surface area contributed by atoms with Crippen LogP contribution in [0.3, 0.4) is 0 Å². The molecule has 0 bridgehead atoms. The van der Waals surface area contributed by atoms with E-state index in [-0.39, 0.29) is 30.5 Å². The number of phenolic OH excluding ortho intramolecular Hbond substituents is 1. The first-order valence-electron chi connectivity index (χ1n) is 8.25. The summed E-state index contributed by atoms with van der Waals surface area (Å²) in [5, 5.41) is 12.6. The Morgan fingerprint density at radius 1 is 1.08 bits per heavy atom. The Labute approximate surface area is 148 Å². The van der Waals surface area contributed by atoms with Gasteiger partial charge in [-0.05, 0) is 49.1 Å². The van der Waals surface area contributed by atoms with E-state index in [1.807, 2.05) is 38.1 Å². The van der Waals surface area contributed by atoms with E-state index in [1.165, 1.54) is 4.90 Å². The molecule has 0 saturated carbocycles. The lowest BCUT2D eigenvalue weighted by molar-refractivity contribution is -0.133. The highest BCUT2D eigenvalue weighted by molar-refractivity contribution is 5.95. The number of carbonyl (C=O) groups excluding carboxylic acids is 2. The number of nitrogens with one attached hydrogen (secondary N) is 1. The first-order chi connectivity index (χ1) is 11.9. The van der Waals surface area contributed by atoms with Crippen molar-refractivity contribution in [2.45, 2.75) is 26.7 Å². The largest absolute Gasteiger partial charge is 0.508 e. The van der Waals surface area contributed by atoms with E-state index in [1.54, 1.807) is 25.2 Å². The molecule has 2 aromatic carbocycles. The van der Waals surface area contributed by atoms with E-state index in [4.69, 9.17) is 0 Å². The summed E-state index contributed by atoms with van der Waals surface area (Å²) in [6.45, 7) is 3.93. The second kappa shape index (κ2) is 8.33. The number of phenols is 1. The van der Waals surface area contributed by atoms with Gasteiger partial charge >= 0.3 is 0 Å². The number of aryl methyl sites for hydroxylation is 2. The SMILES string of the molecule is Cc1cccc(NC(=O)CN(C)C(=O)CCc2ccccc2O)c1C. The van der Waals surface area contributed by atoms with Crippen LogP contribution < -0.4 is 5.32 Å². The Morgan fingerprint density at radius 3 is 2.52 bits per heavy atom. The van der Waals surface area contributed by atoms with E-state index in [9.17, 15) is 14.7 Å². The van der Waals surface area contributed by atoms with E-state index in [0.717, 1.165) is 22.4 Å². The fourth-order valence-corrected chi connectivity index (χ4v) is 2.53. The van der Waals surface area contributed by atoms with Gasteiger partial charge in [-0.1, -0.05) is 30.3 Å². The van der Waals surface area contributed by atoms with Crippen LogP contribution in [-0.2, 0) is 16.0 Å². The number of likely N-dealkylation sites (N-methyl/N-ethyl adjacent to an activating group) is 1. The van der Waals surface area contributed by atoms with E-state index >= 15 is 0 Å². The monoisotopic (exact) mass is 340 g/mol. The second-order valence-corrected chi connectivity index (χ2v) is 6.17. The Balaban J connectivity index is 1.87. The van der Waals surface area contributed by atoms with Gasteiger partial charge in [-0.3, -0.25) is 9.59 Å². The van der Waals surface area contributed by atoms with Crippen LogP contribution in [0.5, 0.6) is 5.75 Å². The van der Waals surface area contributed by atoms with Crippen LogP contribution in [0.25, 0.3) is 0 Å². The molecule has 0 aliphatic carbocycles. The lowest BCUT2D eigenvalue weighted by atomic mass is 10.1. The van der Waals surface area contributed by atoms with E-state index < -0.39 is 0 Å². The summed E-state index contributed by atoms with van der Waals surface area (Å²) in [6, 6.07) is 12.7. The predicted octanol–water partition coefficient (Wildman–Crippen LogP) is 3.04. The van der Waals surface area contributed by atoms with Gasteiger partial charge in [0.25, 0.3) is 0 Å². The molecule has 2 amide bonds. The summed E-state index contributed by atoms with van der Waals surface area (Å²) in [7, 11) is 1.61. The zero-order valence-corrected chi connectivity index (χ0v) is 14.9. The number of nitrogens with zero attached hydrogens (tertiary/aromatic N) is 1. The molecule has 0 saturated heterocycles. The van der Waals surface area contributed by atoms with E-state index in [0.29, 0.717) is 6.42 Å². The molecule has 5 heteroatoms. The summed E-state index contributed by atoms with van der Waals surface area (Å²) in [6.07, 6.45) is 0.680. The lowest BCUT2D eigenvalue weighted by Gasteiger charge is -2.18. The summed E-state index contributed by atoms with van der Waals surface area (Å²) < 4.78 is 0. The maximum atomic E-state index is 12.2. The third kappa shape index (κ3) is 5.08. The zero-order chi connectivity index (χ0) is 18.4. The van der Waals surface area contributed by atoms with Gasteiger partial charge in [0.15, 0.2) is 0 Å². The average molecular weight is 340 g/mol. The van der Waals surface area contributed by atoms with Crippen molar-refractivity contribution in [3.8, 4) is 5.75 Å². The van der Waals surface area contributed by atoms with Crippen molar-refractivity contribution >= 4 is 17.5 Å². The van der Waals surface area contributed by atoms with Crippen LogP contribution in [0, 0.1) is 13.8 Å². The smallest absolute Gasteiger partial charge is 0.243 e. The Bertz CT molecular complexity index is 771. The first-order valence-corrected chi connectivity index (χ1v) is 8.25. The van der Waals surface area contributed by atoms with Crippen molar-refractivity contribution in [3.63, 3.8) is 0 Å². The minimum Gasteiger partial charge on any atom is -0.508 e. The van der Waals surface area contributed by atoms with Crippen molar-refractivity contribution in [1.29, 1.82) is 0 Å². The number of rotatable bonds is 6. The molecule has 0 spiro atoms. The van der Waals surface area contributed by atoms with Crippen molar-refractivity contribution in [2.24, 2.45) is 0 Å². The minimum atomic E-state index is -0.230. The van der Waals surface area contributed by atoms with Crippen LogP contribution >= 0.6 is 0 Å². The maximum absolute atomic E-state index is 12.2. The Morgan fingerprint density at radius 2 is 1.80 bits per heavy atom. The van der Waals surface area contributed by atoms with Crippen LogP contribution in [0.1, 0.15) is 23.1 Å². The number of hydrogen-bond acceptors (Lipinski definition) is 3. The molecule has 2 rings (SSSR count). The highest BCUT2D eigenvalue weighted by Gasteiger charge is 2.14. The molecule has 5 nitrogen and oxygen atoms in total. The molecule has 2 N–H and O–H groups in total. The fourth-order valence-electron chi connectivity index (χ4n) is 2.53. The topological polar surface area (TPSA) is 69.6 Å². The Hall–Kier alpha value is -2.82. The predicted molar refractivity (Wildman–Crippen MR) is 98.6 cm³/mol. The number of anilines is 1. The number of amides is 2. The standard InChI is InChI=1S/C20H24N2O3/c1-14-7-6-9-17(15(14)2)21-19(24)13-22(3)20(25)12-11-16-8-4-5-10-18(16)23/h4-10,23H,11-13H2,1-3H3,(H,21,24). The summed E-state index contributed by atoms with van der Waals surface area (Å²) in [5.41, 5.74) is 3.61.